The van der Waals surface area contributed by atoms with Crippen LogP contribution >= 0.6 is 0 Å². The number of rotatable bonds is 0. The SMILES string of the molecule is N#CC1C(=O)Nc2cc3c(cc21)NC(O)N3. The van der Waals surface area contributed by atoms with Crippen LogP contribution in [0.1, 0.15) is 11.5 Å². The third-order valence-electron chi connectivity index (χ3n) is 2.73. The van der Waals surface area contributed by atoms with Gasteiger partial charge in [-0.1, -0.05) is 0 Å². The molecule has 1 aromatic carbocycles. The van der Waals surface area contributed by atoms with Crippen LogP contribution in [0.15, 0.2) is 12.1 Å². The van der Waals surface area contributed by atoms with Gasteiger partial charge < -0.3 is 21.1 Å². The molecule has 0 fully saturated rings. The monoisotopic (exact) mass is 216 g/mol. The maximum atomic E-state index is 11.4. The van der Waals surface area contributed by atoms with Crippen molar-refractivity contribution in [3.63, 3.8) is 0 Å². The first kappa shape index (κ1) is 9.00. The van der Waals surface area contributed by atoms with Crippen LogP contribution in [-0.2, 0) is 4.79 Å². The summed E-state index contributed by atoms with van der Waals surface area (Å²) in [6, 6.07) is 5.37. The average molecular weight is 216 g/mol. The summed E-state index contributed by atoms with van der Waals surface area (Å²) in [5.74, 6) is -1.07. The molecule has 2 aliphatic rings. The molecule has 1 aromatic rings. The van der Waals surface area contributed by atoms with Crippen LogP contribution in [0.2, 0.25) is 0 Å². The molecule has 0 bridgehead atoms. The molecule has 16 heavy (non-hydrogen) atoms. The van der Waals surface area contributed by atoms with E-state index in [4.69, 9.17) is 5.26 Å². The van der Waals surface area contributed by atoms with Crippen molar-refractivity contribution >= 4 is 23.0 Å². The van der Waals surface area contributed by atoms with Gasteiger partial charge in [-0.15, -0.1) is 0 Å². The van der Waals surface area contributed by atoms with E-state index in [1.807, 2.05) is 6.07 Å². The number of benzene rings is 1. The Kier molecular flexibility index (Phi) is 1.61. The molecule has 2 aliphatic heterocycles. The second-order valence-electron chi connectivity index (χ2n) is 3.73. The summed E-state index contributed by atoms with van der Waals surface area (Å²) < 4.78 is 0. The van der Waals surface area contributed by atoms with Crippen LogP contribution in [0.5, 0.6) is 0 Å². The molecule has 0 saturated carbocycles. The summed E-state index contributed by atoms with van der Waals surface area (Å²) >= 11 is 0. The summed E-state index contributed by atoms with van der Waals surface area (Å²) in [4.78, 5) is 11.4. The quantitative estimate of drug-likeness (QED) is 0.502. The van der Waals surface area contributed by atoms with Gasteiger partial charge in [-0.05, 0) is 12.1 Å². The number of nitrogens with one attached hydrogen (secondary N) is 3. The number of aliphatic hydroxyl groups excluding tert-OH is 1. The predicted molar refractivity (Wildman–Crippen MR) is 56.7 cm³/mol. The number of hydrogen-bond donors (Lipinski definition) is 4. The number of carbonyl (C=O) groups is 1. The number of carbonyl (C=O) groups excluding carboxylic acids is 1. The van der Waals surface area contributed by atoms with Crippen LogP contribution in [0.25, 0.3) is 0 Å². The second kappa shape index (κ2) is 2.87. The molecular weight excluding hydrogens is 208 g/mol. The Morgan fingerprint density at radius 2 is 1.94 bits per heavy atom. The van der Waals surface area contributed by atoms with E-state index in [0.717, 1.165) is 0 Å². The lowest BCUT2D eigenvalue weighted by molar-refractivity contribution is -0.115. The fraction of sp³-hybridized carbons (Fsp3) is 0.200. The molecule has 0 aliphatic carbocycles. The smallest absolute Gasteiger partial charge is 0.246 e. The molecule has 0 spiro atoms. The lowest BCUT2D eigenvalue weighted by atomic mass is 10.0. The van der Waals surface area contributed by atoms with Gasteiger partial charge in [0.25, 0.3) is 0 Å². The van der Waals surface area contributed by atoms with Crippen molar-refractivity contribution in [1.29, 1.82) is 5.26 Å². The largest absolute Gasteiger partial charge is 0.357 e. The number of nitriles is 1. The molecule has 0 saturated heterocycles. The molecule has 1 amide bonds. The number of aliphatic hydroxyl groups is 1. The van der Waals surface area contributed by atoms with E-state index < -0.39 is 12.3 Å². The first-order valence-corrected chi connectivity index (χ1v) is 4.78. The highest BCUT2D eigenvalue weighted by atomic mass is 16.3. The first-order chi connectivity index (χ1) is 7.69. The Hall–Kier alpha value is -2.26. The van der Waals surface area contributed by atoms with Gasteiger partial charge in [0.2, 0.25) is 12.3 Å². The number of fused-ring (bicyclic) bond motifs is 2. The molecule has 6 heteroatoms. The Labute approximate surface area is 90.9 Å². The molecule has 2 atom stereocenters. The van der Waals surface area contributed by atoms with Gasteiger partial charge in [0.1, 0.15) is 0 Å². The minimum atomic E-state index is -0.825. The van der Waals surface area contributed by atoms with Crippen molar-refractivity contribution in [3.05, 3.63) is 17.7 Å². The first-order valence-electron chi connectivity index (χ1n) is 4.78. The third-order valence-corrected chi connectivity index (χ3v) is 2.73. The van der Waals surface area contributed by atoms with Gasteiger partial charge in [-0.3, -0.25) is 4.79 Å². The van der Waals surface area contributed by atoms with Gasteiger partial charge in [-0.25, -0.2) is 0 Å². The molecule has 0 radical (unpaired) electrons. The summed E-state index contributed by atoms with van der Waals surface area (Å²) in [5.41, 5.74) is 2.68. The van der Waals surface area contributed by atoms with Crippen molar-refractivity contribution in [2.45, 2.75) is 12.3 Å². The van der Waals surface area contributed by atoms with Crippen molar-refractivity contribution in [1.82, 2.24) is 0 Å². The molecule has 2 unspecified atom stereocenters. The Balaban J connectivity index is 2.12. The van der Waals surface area contributed by atoms with Crippen LogP contribution in [0.4, 0.5) is 17.1 Å². The van der Waals surface area contributed by atoms with Gasteiger partial charge in [0, 0.05) is 11.3 Å². The highest BCUT2D eigenvalue weighted by Crippen LogP contribution is 2.40. The maximum Gasteiger partial charge on any atom is 0.246 e. The molecule has 80 valence electrons. The van der Waals surface area contributed by atoms with E-state index in [1.165, 1.54) is 0 Å². The van der Waals surface area contributed by atoms with E-state index in [2.05, 4.69) is 16.0 Å². The van der Waals surface area contributed by atoms with Gasteiger partial charge in [0.15, 0.2) is 5.92 Å². The maximum absolute atomic E-state index is 11.4. The number of anilines is 3. The Morgan fingerprint density at radius 1 is 1.25 bits per heavy atom. The van der Waals surface area contributed by atoms with Gasteiger partial charge >= 0.3 is 0 Å². The van der Waals surface area contributed by atoms with Crippen molar-refractivity contribution in [2.75, 3.05) is 16.0 Å². The van der Waals surface area contributed by atoms with Crippen molar-refractivity contribution < 1.29 is 9.90 Å². The lowest BCUT2D eigenvalue weighted by Crippen LogP contribution is -2.20. The van der Waals surface area contributed by atoms with E-state index in [-0.39, 0.29) is 5.91 Å². The van der Waals surface area contributed by atoms with Gasteiger partial charge in [-0.2, -0.15) is 5.26 Å². The number of amides is 1. The van der Waals surface area contributed by atoms with Crippen LogP contribution in [0, 0.1) is 11.3 Å². The van der Waals surface area contributed by atoms with Gasteiger partial charge in [0.05, 0.1) is 17.4 Å². The van der Waals surface area contributed by atoms with E-state index in [9.17, 15) is 9.90 Å². The third kappa shape index (κ3) is 1.06. The average Bonchev–Trinajstić information content (AvgIpc) is 2.71. The Morgan fingerprint density at radius 3 is 2.62 bits per heavy atom. The molecule has 0 aromatic heterocycles. The van der Waals surface area contributed by atoms with Crippen LogP contribution < -0.4 is 16.0 Å². The van der Waals surface area contributed by atoms with E-state index in [0.29, 0.717) is 22.6 Å². The second-order valence-corrected chi connectivity index (χ2v) is 3.73. The zero-order valence-electron chi connectivity index (χ0n) is 8.11. The fourth-order valence-electron chi connectivity index (χ4n) is 2.01. The van der Waals surface area contributed by atoms with Crippen molar-refractivity contribution in [3.8, 4) is 6.07 Å². The summed E-state index contributed by atoms with van der Waals surface area (Å²) in [5, 5.41) is 26.4. The standard InChI is InChI=1S/C10H8N4O2/c11-3-5-4-1-7-8(14-10(16)13-7)2-6(4)12-9(5)15/h1-2,5,10,13-14,16H,(H,12,15). The summed E-state index contributed by atoms with van der Waals surface area (Å²) in [7, 11) is 0. The minimum Gasteiger partial charge on any atom is -0.357 e. The van der Waals surface area contributed by atoms with E-state index in [1.54, 1.807) is 12.1 Å². The van der Waals surface area contributed by atoms with E-state index >= 15 is 0 Å². The number of nitrogens with zero attached hydrogens (tertiary/aromatic N) is 1. The number of hydrogen-bond acceptors (Lipinski definition) is 5. The molecular formula is C10H8N4O2. The topological polar surface area (TPSA) is 97.2 Å². The lowest BCUT2D eigenvalue weighted by Gasteiger charge is -2.03. The molecule has 3 rings (SSSR count). The highest BCUT2D eigenvalue weighted by molar-refractivity contribution is 6.06. The normalized spacial score (nSPS) is 24.9. The minimum absolute atomic E-state index is 0.304. The summed E-state index contributed by atoms with van der Waals surface area (Å²) in [6.07, 6.45) is -0.825. The summed E-state index contributed by atoms with van der Waals surface area (Å²) in [6.45, 7) is 0. The van der Waals surface area contributed by atoms with Crippen molar-refractivity contribution in [2.24, 2.45) is 0 Å². The molecule has 6 nitrogen and oxygen atoms in total. The Bertz CT molecular complexity index is 534. The molecule has 2 heterocycles. The van der Waals surface area contributed by atoms with Crippen LogP contribution in [-0.4, -0.2) is 17.4 Å². The zero-order valence-corrected chi connectivity index (χ0v) is 8.11. The highest BCUT2D eigenvalue weighted by Gasteiger charge is 2.33. The zero-order chi connectivity index (χ0) is 11.3. The van der Waals surface area contributed by atoms with Crippen LogP contribution in [0.3, 0.4) is 0 Å². The molecule has 4 N–H and O–H groups in total. The predicted octanol–water partition coefficient (Wildman–Crippen LogP) is 0.359. The fourth-order valence-corrected chi connectivity index (χ4v) is 2.01.